The third-order valence-electron chi connectivity index (χ3n) is 5.27. The number of Topliss-reactive ketones (excluding diaryl/α,β-unsaturated/α-hetero) is 1. The van der Waals surface area contributed by atoms with Crippen molar-refractivity contribution >= 4 is 5.78 Å². The number of ketones is 1. The smallest absolute Gasteiger partial charge is 0.162 e. The maximum atomic E-state index is 12.0. The molecule has 3 unspecified atom stereocenters. The van der Waals surface area contributed by atoms with E-state index in [4.69, 9.17) is 0 Å². The zero-order valence-electron chi connectivity index (χ0n) is 13.7. The number of carbonyl (C=O) groups excluding carboxylic acids is 1. The number of aliphatic hydroxyl groups excluding tert-OH is 1. The molecule has 0 saturated heterocycles. The van der Waals surface area contributed by atoms with Gasteiger partial charge in [0.1, 0.15) is 0 Å². The molecule has 2 aliphatic rings. The molecule has 2 nitrogen and oxygen atoms in total. The van der Waals surface area contributed by atoms with Gasteiger partial charge in [0.05, 0.1) is 6.10 Å². The van der Waals surface area contributed by atoms with Gasteiger partial charge in [0.15, 0.2) is 5.78 Å². The summed E-state index contributed by atoms with van der Waals surface area (Å²) >= 11 is 0. The first-order valence-electron chi connectivity index (χ1n) is 8.04. The standard InChI is InChI=1S/C19H28O2/c1-13-5-10-16-17(19(16,3)4)11-9-15(20)8-7-14(2)18(21)12-6-13/h6-7,9,11,15-17,20H,5,8,10,12H2,1-4H3/b11-9-,13-6-,14-7-. The summed E-state index contributed by atoms with van der Waals surface area (Å²) in [6.45, 7) is 8.59. The van der Waals surface area contributed by atoms with E-state index in [9.17, 15) is 9.90 Å². The van der Waals surface area contributed by atoms with Crippen molar-refractivity contribution in [3.63, 3.8) is 0 Å². The van der Waals surface area contributed by atoms with Crippen LogP contribution in [0.1, 0.15) is 53.4 Å². The van der Waals surface area contributed by atoms with E-state index < -0.39 is 6.10 Å². The van der Waals surface area contributed by atoms with E-state index in [1.54, 1.807) is 0 Å². The zero-order valence-corrected chi connectivity index (χ0v) is 13.7. The Morgan fingerprint density at radius 3 is 2.62 bits per heavy atom. The van der Waals surface area contributed by atoms with Crippen LogP contribution in [0.4, 0.5) is 0 Å². The molecule has 116 valence electrons. The lowest BCUT2D eigenvalue weighted by Crippen LogP contribution is -2.04. The summed E-state index contributed by atoms with van der Waals surface area (Å²) in [4.78, 5) is 12.0. The topological polar surface area (TPSA) is 37.3 Å². The minimum Gasteiger partial charge on any atom is -0.389 e. The fourth-order valence-electron chi connectivity index (χ4n) is 3.37. The summed E-state index contributed by atoms with van der Waals surface area (Å²) in [5.41, 5.74) is 2.42. The van der Waals surface area contributed by atoms with Crippen LogP contribution in [0.25, 0.3) is 0 Å². The van der Waals surface area contributed by atoms with Crippen LogP contribution in [0.3, 0.4) is 0 Å². The van der Waals surface area contributed by atoms with Gasteiger partial charge in [0.25, 0.3) is 0 Å². The molecule has 0 radical (unpaired) electrons. The van der Waals surface area contributed by atoms with Gasteiger partial charge >= 0.3 is 0 Å². The summed E-state index contributed by atoms with van der Waals surface area (Å²) in [5.74, 6) is 1.43. The van der Waals surface area contributed by atoms with Crippen molar-refractivity contribution < 1.29 is 9.90 Å². The second-order valence-electron chi connectivity index (χ2n) is 7.25. The van der Waals surface area contributed by atoms with Gasteiger partial charge in [-0.25, -0.2) is 0 Å². The Labute approximate surface area is 128 Å². The van der Waals surface area contributed by atoms with Gasteiger partial charge in [0.2, 0.25) is 0 Å². The number of hydrogen-bond acceptors (Lipinski definition) is 2. The number of carbonyl (C=O) groups is 1. The predicted octanol–water partition coefficient (Wildman–Crippen LogP) is 4.21. The average Bonchev–Trinajstić information content (AvgIpc) is 2.96. The van der Waals surface area contributed by atoms with Crippen LogP contribution in [-0.2, 0) is 4.79 Å². The molecule has 2 heteroatoms. The summed E-state index contributed by atoms with van der Waals surface area (Å²) in [6, 6.07) is 0. The Kier molecular flexibility index (Phi) is 4.88. The van der Waals surface area contributed by atoms with Crippen molar-refractivity contribution in [3.8, 4) is 0 Å². The molecule has 0 aromatic rings. The second-order valence-corrected chi connectivity index (χ2v) is 7.25. The quantitative estimate of drug-likeness (QED) is 0.678. The molecule has 0 amide bonds. The molecule has 2 rings (SSSR count). The Bertz CT molecular complexity index is 494. The van der Waals surface area contributed by atoms with Gasteiger partial charge in [-0.3, -0.25) is 4.79 Å². The highest BCUT2D eigenvalue weighted by molar-refractivity contribution is 5.95. The van der Waals surface area contributed by atoms with Gasteiger partial charge in [-0.2, -0.15) is 0 Å². The third kappa shape index (κ3) is 3.94. The lowest BCUT2D eigenvalue weighted by atomic mass is 10.0. The minimum atomic E-state index is -0.481. The van der Waals surface area contributed by atoms with Crippen LogP contribution in [0.5, 0.6) is 0 Å². The molecule has 0 aliphatic heterocycles. The number of allylic oxidation sites excluding steroid dienone is 4. The van der Waals surface area contributed by atoms with Crippen LogP contribution in [-0.4, -0.2) is 17.0 Å². The molecule has 0 bridgehead atoms. The lowest BCUT2D eigenvalue weighted by molar-refractivity contribution is -0.114. The number of rotatable bonds is 0. The van der Waals surface area contributed by atoms with E-state index in [1.807, 2.05) is 19.1 Å². The van der Waals surface area contributed by atoms with Crippen LogP contribution >= 0.6 is 0 Å². The Hall–Kier alpha value is -1.15. The van der Waals surface area contributed by atoms with Gasteiger partial charge in [-0.05, 0) is 55.9 Å². The number of fused-ring (bicyclic) bond motifs is 1. The van der Waals surface area contributed by atoms with Crippen LogP contribution in [0.2, 0.25) is 0 Å². The first kappa shape index (κ1) is 16.2. The van der Waals surface area contributed by atoms with Gasteiger partial charge in [-0.15, -0.1) is 0 Å². The Morgan fingerprint density at radius 2 is 1.90 bits per heavy atom. The van der Waals surface area contributed by atoms with Crippen molar-refractivity contribution in [1.29, 1.82) is 0 Å². The Morgan fingerprint density at radius 1 is 1.19 bits per heavy atom. The molecule has 3 atom stereocenters. The van der Waals surface area contributed by atoms with Crippen molar-refractivity contribution in [2.45, 2.75) is 59.5 Å². The zero-order chi connectivity index (χ0) is 15.6. The predicted molar refractivity (Wildman–Crippen MR) is 86.9 cm³/mol. The second kappa shape index (κ2) is 6.31. The molecule has 2 aliphatic carbocycles. The SMILES string of the molecule is C/C1=C/CC(=O)/C(C)=C\CC(O)/C=C\C2C(CC1)C2(C)C. The molecule has 1 N–H and O–H groups in total. The molecule has 0 spiro atoms. The highest BCUT2D eigenvalue weighted by Crippen LogP contribution is 2.61. The first-order chi connectivity index (χ1) is 9.82. The molecule has 0 aromatic heterocycles. The summed E-state index contributed by atoms with van der Waals surface area (Å²) in [6.07, 6.45) is 10.8. The maximum Gasteiger partial charge on any atom is 0.162 e. The van der Waals surface area contributed by atoms with Gasteiger partial charge < -0.3 is 5.11 Å². The van der Waals surface area contributed by atoms with Crippen LogP contribution < -0.4 is 0 Å². The molecule has 21 heavy (non-hydrogen) atoms. The maximum absolute atomic E-state index is 12.0. The van der Waals surface area contributed by atoms with E-state index in [0.717, 1.165) is 12.0 Å². The van der Waals surface area contributed by atoms with Crippen molar-refractivity contribution in [2.75, 3.05) is 0 Å². The van der Waals surface area contributed by atoms with Crippen molar-refractivity contribution in [2.24, 2.45) is 17.3 Å². The minimum absolute atomic E-state index is 0.159. The van der Waals surface area contributed by atoms with Crippen LogP contribution in [0, 0.1) is 17.3 Å². The molecule has 1 fully saturated rings. The third-order valence-corrected chi connectivity index (χ3v) is 5.27. The monoisotopic (exact) mass is 288 g/mol. The van der Waals surface area contributed by atoms with Crippen LogP contribution in [0.15, 0.2) is 35.5 Å². The van der Waals surface area contributed by atoms with E-state index >= 15 is 0 Å². The normalized spacial score (nSPS) is 40.0. The summed E-state index contributed by atoms with van der Waals surface area (Å²) < 4.78 is 0. The van der Waals surface area contributed by atoms with Crippen molar-refractivity contribution in [3.05, 3.63) is 35.5 Å². The van der Waals surface area contributed by atoms with Gasteiger partial charge in [0, 0.05) is 6.42 Å². The average molecular weight is 288 g/mol. The Balaban J connectivity index is 2.15. The van der Waals surface area contributed by atoms with E-state index in [-0.39, 0.29) is 5.78 Å². The van der Waals surface area contributed by atoms with E-state index in [2.05, 4.69) is 32.9 Å². The molecular formula is C19H28O2. The van der Waals surface area contributed by atoms with E-state index in [0.29, 0.717) is 30.1 Å². The molecule has 1 saturated carbocycles. The van der Waals surface area contributed by atoms with Crippen molar-refractivity contribution in [1.82, 2.24) is 0 Å². The fraction of sp³-hybridized carbons (Fsp3) is 0.632. The lowest BCUT2D eigenvalue weighted by Gasteiger charge is -2.05. The molecule has 0 aromatic carbocycles. The largest absolute Gasteiger partial charge is 0.389 e. The fourth-order valence-corrected chi connectivity index (χ4v) is 3.37. The number of hydrogen-bond donors (Lipinski definition) is 1. The van der Waals surface area contributed by atoms with Gasteiger partial charge in [-0.1, -0.05) is 43.7 Å². The number of aliphatic hydroxyl groups is 1. The molecule has 0 heterocycles. The molecular weight excluding hydrogens is 260 g/mol. The summed E-state index contributed by atoms with van der Waals surface area (Å²) in [5, 5.41) is 10.0. The highest BCUT2D eigenvalue weighted by atomic mass is 16.3. The van der Waals surface area contributed by atoms with E-state index in [1.165, 1.54) is 12.0 Å². The first-order valence-corrected chi connectivity index (χ1v) is 8.04. The summed E-state index contributed by atoms with van der Waals surface area (Å²) in [7, 11) is 0. The highest BCUT2D eigenvalue weighted by Gasteiger charge is 2.54.